The Morgan fingerprint density at radius 3 is 2.27 bits per heavy atom. The van der Waals surface area contributed by atoms with Crippen molar-refractivity contribution in [2.45, 2.75) is 31.2 Å². The van der Waals surface area contributed by atoms with Crippen LogP contribution in [0.5, 0.6) is 0 Å². The first kappa shape index (κ1) is 12.1. The van der Waals surface area contributed by atoms with Gasteiger partial charge in [-0.15, -0.1) is 0 Å². The summed E-state index contributed by atoms with van der Waals surface area (Å²) >= 11 is 1.59. The maximum Gasteiger partial charge on any atom is 0.211 e. The van der Waals surface area contributed by atoms with Crippen molar-refractivity contribution in [2.75, 3.05) is 5.32 Å². The van der Waals surface area contributed by atoms with Crippen LogP contribution in [0, 0.1) is 0 Å². The van der Waals surface area contributed by atoms with Gasteiger partial charge in [-0.25, -0.2) is 0 Å². The van der Waals surface area contributed by atoms with Crippen molar-refractivity contribution in [3.05, 3.63) is 24.3 Å². The minimum atomic E-state index is 0.0877. The summed E-state index contributed by atoms with van der Waals surface area (Å²) < 4.78 is 3.32. The van der Waals surface area contributed by atoms with Crippen LogP contribution in [0.1, 0.15) is 20.8 Å². The Labute approximate surface area is 94.8 Å². The highest BCUT2D eigenvalue weighted by molar-refractivity contribution is 7.97. The minimum Gasteiger partial charge on any atom is -0.329 e. The molecule has 0 fully saturated rings. The van der Waals surface area contributed by atoms with E-state index in [1.807, 2.05) is 24.3 Å². The Morgan fingerprint density at radius 2 is 1.80 bits per heavy atom. The second-order valence-electron chi connectivity index (χ2n) is 4.24. The number of carbonyl (C=O) groups is 1. The summed E-state index contributed by atoms with van der Waals surface area (Å²) in [5.74, 6) is 0. The van der Waals surface area contributed by atoms with Crippen LogP contribution in [-0.4, -0.2) is 11.9 Å². The first-order chi connectivity index (χ1) is 7.01. The number of hydrogen-bond donors (Lipinski definition) is 2. The zero-order valence-electron chi connectivity index (χ0n) is 9.20. The highest BCUT2D eigenvalue weighted by atomic mass is 32.2. The van der Waals surface area contributed by atoms with Gasteiger partial charge in [0, 0.05) is 16.1 Å². The molecule has 0 aliphatic rings. The number of carbonyl (C=O) groups excluding carboxylic acids is 1. The van der Waals surface area contributed by atoms with Crippen LogP contribution in [0.15, 0.2) is 29.2 Å². The topological polar surface area (TPSA) is 41.1 Å². The van der Waals surface area contributed by atoms with Crippen molar-refractivity contribution in [2.24, 2.45) is 0 Å². The van der Waals surface area contributed by atoms with E-state index in [4.69, 9.17) is 0 Å². The van der Waals surface area contributed by atoms with Gasteiger partial charge in [-0.1, -0.05) is 0 Å². The van der Waals surface area contributed by atoms with Crippen molar-refractivity contribution < 1.29 is 4.79 Å². The van der Waals surface area contributed by atoms with Crippen LogP contribution in [-0.2, 0) is 4.79 Å². The molecule has 1 rings (SSSR count). The fourth-order valence-electron chi connectivity index (χ4n) is 0.899. The van der Waals surface area contributed by atoms with Gasteiger partial charge in [-0.05, 0) is 57.0 Å². The standard InChI is InChI=1S/C11H16N2OS/c1-11(2,3)13-15-10-6-4-9(5-7-10)12-8-14/h4-8,13H,1-3H3,(H,12,14). The third kappa shape index (κ3) is 4.85. The highest BCUT2D eigenvalue weighted by Crippen LogP contribution is 2.20. The van der Waals surface area contributed by atoms with E-state index < -0.39 is 0 Å². The molecule has 0 aliphatic carbocycles. The van der Waals surface area contributed by atoms with E-state index in [2.05, 4.69) is 30.8 Å². The van der Waals surface area contributed by atoms with Gasteiger partial charge in [0.1, 0.15) is 0 Å². The van der Waals surface area contributed by atoms with Crippen molar-refractivity contribution >= 4 is 24.0 Å². The second kappa shape index (κ2) is 5.19. The third-order valence-corrected chi connectivity index (χ3v) is 2.78. The summed E-state index contributed by atoms with van der Waals surface area (Å²) in [5.41, 5.74) is 0.898. The number of benzene rings is 1. The van der Waals surface area contributed by atoms with Gasteiger partial charge in [-0.2, -0.15) is 0 Å². The fraction of sp³-hybridized carbons (Fsp3) is 0.364. The number of amides is 1. The number of rotatable bonds is 4. The summed E-state index contributed by atoms with van der Waals surface area (Å²) in [6.07, 6.45) is 0.676. The summed E-state index contributed by atoms with van der Waals surface area (Å²) in [7, 11) is 0. The Kier molecular flexibility index (Phi) is 4.17. The molecule has 2 N–H and O–H groups in total. The number of nitrogens with one attached hydrogen (secondary N) is 2. The number of anilines is 1. The molecule has 0 spiro atoms. The molecule has 0 aromatic heterocycles. The zero-order chi connectivity index (χ0) is 11.3. The Bertz CT molecular complexity index is 316. The quantitative estimate of drug-likeness (QED) is 0.610. The van der Waals surface area contributed by atoms with Crippen molar-refractivity contribution in [3.8, 4) is 0 Å². The molecule has 0 atom stereocenters. The van der Waals surface area contributed by atoms with E-state index in [1.54, 1.807) is 11.9 Å². The lowest BCUT2D eigenvalue weighted by molar-refractivity contribution is -0.105. The van der Waals surface area contributed by atoms with Crippen LogP contribution in [0.3, 0.4) is 0 Å². The van der Waals surface area contributed by atoms with Crippen molar-refractivity contribution in [1.82, 2.24) is 4.72 Å². The van der Waals surface area contributed by atoms with Crippen LogP contribution >= 0.6 is 11.9 Å². The van der Waals surface area contributed by atoms with Crippen LogP contribution in [0.25, 0.3) is 0 Å². The monoisotopic (exact) mass is 224 g/mol. The number of hydrogen-bond acceptors (Lipinski definition) is 3. The minimum absolute atomic E-state index is 0.0877. The van der Waals surface area contributed by atoms with Gasteiger partial charge in [0.05, 0.1) is 0 Å². The zero-order valence-corrected chi connectivity index (χ0v) is 10.0. The van der Waals surface area contributed by atoms with Crippen molar-refractivity contribution in [3.63, 3.8) is 0 Å². The molecule has 4 heteroatoms. The third-order valence-electron chi connectivity index (χ3n) is 1.55. The first-order valence-corrected chi connectivity index (χ1v) is 5.57. The average Bonchev–Trinajstić information content (AvgIpc) is 2.16. The van der Waals surface area contributed by atoms with E-state index in [9.17, 15) is 4.79 Å². The van der Waals surface area contributed by atoms with E-state index in [0.29, 0.717) is 6.41 Å². The maximum absolute atomic E-state index is 10.2. The molecule has 1 aromatic rings. The molecule has 0 radical (unpaired) electrons. The van der Waals surface area contributed by atoms with Gasteiger partial charge in [0.15, 0.2) is 0 Å². The normalized spacial score (nSPS) is 11.1. The smallest absolute Gasteiger partial charge is 0.211 e. The lowest BCUT2D eigenvalue weighted by Crippen LogP contribution is -2.29. The van der Waals surface area contributed by atoms with Gasteiger partial charge in [0.25, 0.3) is 0 Å². The lowest BCUT2D eigenvalue weighted by atomic mass is 10.1. The predicted molar refractivity (Wildman–Crippen MR) is 64.9 cm³/mol. The van der Waals surface area contributed by atoms with Crippen LogP contribution < -0.4 is 10.0 Å². The van der Waals surface area contributed by atoms with E-state index in [1.165, 1.54) is 0 Å². The summed E-state index contributed by atoms with van der Waals surface area (Å²) in [4.78, 5) is 11.3. The summed E-state index contributed by atoms with van der Waals surface area (Å²) in [6.45, 7) is 6.34. The fourth-order valence-corrected chi connectivity index (χ4v) is 1.60. The summed E-state index contributed by atoms with van der Waals surface area (Å²) in [6, 6.07) is 7.69. The highest BCUT2D eigenvalue weighted by Gasteiger charge is 2.08. The molecule has 0 heterocycles. The van der Waals surface area contributed by atoms with Crippen molar-refractivity contribution in [1.29, 1.82) is 0 Å². The van der Waals surface area contributed by atoms with Crippen LogP contribution in [0.4, 0.5) is 5.69 Å². The molecule has 3 nitrogen and oxygen atoms in total. The van der Waals surface area contributed by atoms with Gasteiger partial charge < -0.3 is 5.32 Å². The lowest BCUT2D eigenvalue weighted by Gasteiger charge is -2.19. The second-order valence-corrected chi connectivity index (χ2v) is 5.12. The summed E-state index contributed by atoms with van der Waals surface area (Å²) in [5, 5.41) is 2.60. The molecular weight excluding hydrogens is 208 g/mol. The Hall–Kier alpha value is -1.00. The average molecular weight is 224 g/mol. The first-order valence-electron chi connectivity index (χ1n) is 4.75. The largest absolute Gasteiger partial charge is 0.329 e. The van der Waals surface area contributed by atoms with Gasteiger partial charge >= 0.3 is 0 Å². The SMILES string of the molecule is CC(C)(C)NSc1ccc(NC=O)cc1. The molecule has 0 unspecified atom stereocenters. The molecular formula is C11H16N2OS. The molecule has 0 aliphatic heterocycles. The molecule has 0 saturated carbocycles. The molecule has 0 saturated heterocycles. The Morgan fingerprint density at radius 1 is 1.20 bits per heavy atom. The van der Waals surface area contributed by atoms with E-state index >= 15 is 0 Å². The molecule has 1 aromatic carbocycles. The predicted octanol–water partition coefficient (Wildman–Crippen LogP) is 2.65. The Balaban J connectivity index is 2.53. The molecule has 82 valence electrons. The van der Waals surface area contributed by atoms with Gasteiger partial charge in [0.2, 0.25) is 6.41 Å². The van der Waals surface area contributed by atoms with Gasteiger partial charge in [-0.3, -0.25) is 9.52 Å². The van der Waals surface area contributed by atoms with Crippen LogP contribution in [0.2, 0.25) is 0 Å². The molecule has 1 amide bonds. The van der Waals surface area contributed by atoms with E-state index in [0.717, 1.165) is 10.6 Å². The molecule has 15 heavy (non-hydrogen) atoms. The van der Waals surface area contributed by atoms with E-state index in [-0.39, 0.29) is 5.54 Å². The maximum atomic E-state index is 10.2. The molecule has 0 bridgehead atoms.